The first-order valence-electron chi connectivity index (χ1n) is 12.0. The van der Waals surface area contributed by atoms with Gasteiger partial charge in [0.1, 0.15) is 17.6 Å². The van der Waals surface area contributed by atoms with Crippen LogP contribution in [0.15, 0.2) is 71.2 Å². The van der Waals surface area contributed by atoms with Gasteiger partial charge in [0.05, 0.1) is 29.9 Å². The molecule has 0 atom stereocenters. The molecule has 3 aromatic carbocycles. The van der Waals surface area contributed by atoms with Crippen LogP contribution in [0.2, 0.25) is 0 Å². The van der Waals surface area contributed by atoms with Crippen LogP contribution in [0.1, 0.15) is 16.7 Å². The van der Waals surface area contributed by atoms with Gasteiger partial charge in [0.2, 0.25) is 11.9 Å². The molecule has 0 amide bonds. The van der Waals surface area contributed by atoms with Crippen LogP contribution in [0.5, 0.6) is 11.5 Å². The summed E-state index contributed by atoms with van der Waals surface area (Å²) in [6.45, 7) is 1.02. The Balaban J connectivity index is 1.51. The predicted octanol–water partition coefficient (Wildman–Crippen LogP) is 5.25. The zero-order valence-corrected chi connectivity index (χ0v) is 22.9. The normalized spacial score (nSPS) is 10.7. The van der Waals surface area contributed by atoms with E-state index in [-0.39, 0.29) is 0 Å². The van der Waals surface area contributed by atoms with Crippen molar-refractivity contribution >= 4 is 39.2 Å². The van der Waals surface area contributed by atoms with E-state index in [0.29, 0.717) is 52.1 Å². The van der Waals surface area contributed by atoms with E-state index in [0.717, 1.165) is 28.2 Å². The quantitative estimate of drug-likeness (QED) is 0.198. The van der Waals surface area contributed by atoms with Crippen molar-refractivity contribution in [3.05, 3.63) is 87.9 Å². The Morgan fingerprint density at radius 3 is 2.10 bits per heavy atom. The van der Waals surface area contributed by atoms with Crippen molar-refractivity contribution in [2.24, 2.45) is 0 Å². The molecule has 11 heteroatoms. The van der Waals surface area contributed by atoms with Gasteiger partial charge in [-0.05, 0) is 63.5 Å². The van der Waals surface area contributed by atoms with E-state index >= 15 is 0 Å². The average molecular weight is 585 g/mol. The molecule has 0 saturated heterocycles. The molecule has 0 bridgehead atoms. The smallest absolute Gasteiger partial charge is 0.243 e. The van der Waals surface area contributed by atoms with Crippen molar-refractivity contribution < 1.29 is 9.47 Å². The monoisotopic (exact) mass is 584 g/mol. The molecule has 0 aliphatic carbocycles. The van der Waals surface area contributed by atoms with E-state index in [1.54, 1.807) is 30.9 Å². The maximum Gasteiger partial charge on any atom is 0.243 e. The summed E-state index contributed by atoms with van der Waals surface area (Å²) >= 11 is 3.67. The Labute approximate surface area is 233 Å². The summed E-state index contributed by atoms with van der Waals surface area (Å²) in [7, 11) is 3.27. The number of nitrogen functional groups attached to an aromatic ring is 1. The van der Waals surface area contributed by atoms with Crippen molar-refractivity contribution in [1.82, 2.24) is 19.6 Å². The second-order valence-electron chi connectivity index (χ2n) is 8.59. The number of rotatable bonds is 9. The lowest BCUT2D eigenvalue weighted by molar-refractivity contribution is 0.414. The van der Waals surface area contributed by atoms with E-state index in [2.05, 4.69) is 37.7 Å². The number of benzene rings is 3. The zero-order chi connectivity index (χ0) is 27.4. The standard InChI is InChI=1S/C28H25BrN8O2/c1-38-21-8-3-17(4-9-21)15-32-27-35-26-24(29)25(19-7-12-23(31)20(13-19)14-30)34-28(37(26)36-27)33-16-18-5-10-22(39-2)11-6-18/h3-13H,15-16,31H2,1-2H3,(H,32,36)(H,33,34). The Kier molecular flexibility index (Phi) is 7.47. The van der Waals surface area contributed by atoms with E-state index in [4.69, 9.17) is 25.2 Å². The molecule has 196 valence electrons. The Hall–Kier alpha value is -4.82. The number of nitriles is 1. The van der Waals surface area contributed by atoms with E-state index in [1.807, 2.05) is 54.6 Å². The van der Waals surface area contributed by atoms with Crippen LogP contribution >= 0.6 is 15.9 Å². The fraction of sp³-hybridized carbons (Fsp3) is 0.143. The maximum atomic E-state index is 9.49. The van der Waals surface area contributed by atoms with Gasteiger partial charge >= 0.3 is 0 Å². The first kappa shape index (κ1) is 25.8. The highest BCUT2D eigenvalue weighted by molar-refractivity contribution is 9.10. The number of aromatic nitrogens is 4. The summed E-state index contributed by atoms with van der Waals surface area (Å²) in [6, 6.07) is 22.9. The molecule has 0 saturated carbocycles. The minimum Gasteiger partial charge on any atom is -0.497 e. The number of anilines is 3. The number of methoxy groups -OCH3 is 2. The molecule has 2 aromatic heterocycles. The minimum atomic E-state index is 0.372. The summed E-state index contributed by atoms with van der Waals surface area (Å²) in [4.78, 5) is 9.59. The van der Waals surface area contributed by atoms with Gasteiger partial charge in [-0.1, -0.05) is 30.3 Å². The second kappa shape index (κ2) is 11.3. The van der Waals surface area contributed by atoms with Gasteiger partial charge in [-0.3, -0.25) is 0 Å². The number of nitrogens with zero attached hydrogens (tertiary/aromatic N) is 5. The Bertz CT molecular complexity index is 1660. The molecule has 0 spiro atoms. The molecular weight excluding hydrogens is 560 g/mol. The zero-order valence-electron chi connectivity index (χ0n) is 21.3. The number of nitrogens with one attached hydrogen (secondary N) is 2. The van der Waals surface area contributed by atoms with Gasteiger partial charge in [-0.2, -0.15) is 14.8 Å². The minimum absolute atomic E-state index is 0.372. The molecule has 0 aliphatic rings. The molecule has 0 fully saturated rings. The highest BCUT2D eigenvalue weighted by atomic mass is 79.9. The summed E-state index contributed by atoms with van der Waals surface area (Å²) in [5, 5.41) is 20.8. The SMILES string of the molecule is COc1ccc(CNc2nc3c(Br)c(-c4ccc(N)c(C#N)c4)nc(NCc4ccc(OC)cc4)n3n2)cc1. The van der Waals surface area contributed by atoms with Crippen molar-refractivity contribution in [1.29, 1.82) is 5.26 Å². The van der Waals surface area contributed by atoms with Gasteiger partial charge in [-0.15, -0.1) is 5.10 Å². The molecule has 0 unspecified atom stereocenters. The first-order chi connectivity index (χ1) is 19.0. The average Bonchev–Trinajstić information content (AvgIpc) is 3.42. The highest BCUT2D eigenvalue weighted by Crippen LogP contribution is 2.33. The van der Waals surface area contributed by atoms with Crippen LogP contribution in [-0.2, 0) is 13.1 Å². The van der Waals surface area contributed by atoms with E-state index < -0.39 is 0 Å². The second-order valence-corrected chi connectivity index (χ2v) is 9.38. The summed E-state index contributed by atoms with van der Waals surface area (Å²) in [5.74, 6) is 2.50. The summed E-state index contributed by atoms with van der Waals surface area (Å²) in [5.41, 5.74) is 10.7. The Morgan fingerprint density at radius 2 is 1.51 bits per heavy atom. The van der Waals surface area contributed by atoms with Crippen LogP contribution in [0.25, 0.3) is 16.9 Å². The van der Waals surface area contributed by atoms with Crippen molar-refractivity contribution in [3.63, 3.8) is 0 Å². The van der Waals surface area contributed by atoms with Crippen LogP contribution < -0.4 is 25.8 Å². The van der Waals surface area contributed by atoms with Gasteiger partial charge in [0.15, 0.2) is 5.65 Å². The van der Waals surface area contributed by atoms with Crippen molar-refractivity contribution in [3.8, 4) is 28.8 Å². The number of hydrogen-bond donors (Lipinski definition) is 3. The molecule has 5 rings (SSSR count). The third kappa shape index (κ3) is 5.56. The fourth-order valence-electron chi connectivity index (χ4n) is 3.94. The largest absolute Gasteiger partial charge is 0.497 e. The van der Waals surface area contributed by atoms with Crippen LogP contribution in [-0.4, -0.2) is 33.8 Å². The maximum absolute atomic E-state index is 9.49. The summed E-state index contributed by atoms with van der Waals surface area (Å²) < 4.78 is 12.8. The molecule has 10 nitrogen and oxygen atoms in total. The molecule has 5 aromatic rings. The lowest BCUT2D eigenvalue weighted by Crippen LogP contribution is -2.09. The van der Waals surface area contributed by atoms with Crippen molar-refractivity contribution in [2.45, 2.75) is 13.1 Å². The van der Waals surface area contributed by atoms with Gasteiger partial charge in [0, 0.05) is 24.3 Å². The number of halogens is 1. The number of ether oxygens (including phenoxy) is 2. The number of fused-ring (bicyclic) bond motifs is 1. The van der Waals surface area contributed by atoms with Gasteiger partial charge in [-0.25, -0.2) is 4.98 Å². The molecule has 4 N–H and O–H groups in total. The molecule has 39 heavy (non-hydrogen) atoms. The lowest BCUT2D eigenvalue weighted by Gasteiger charge is -2.12. The Morgan fingerprint density at radius 1 is 0.897 bits per heavy atom. The predicted molar refractivity (Wildman–Crippen MR) is 154 cm³/mol. The van der Waals surface area contributed by atoms with Gasteiger partial charge < -0.3 is 25.8 Å². The topological polar surface area (TPSA) is 135 Å². The first-order valence-corrected chi connectivity index (χ1v) is 12.8. The van der Waals surface area contributed by atoms with E-state index in [9.17, 15) is 5.26 Å². The third-order valence-electron chi connectivity index (χ3n) is 6.10. The van der Waals surface area contributed by atoms with Crippen LogP contribution in [0.3, 0.4) is 0 Å². The summed E-state index contributed by atoms with van der Waals surface area (Å²) in [6.07, 6.45) is 0. The third-order valence-corrected chi connectivity index (χ3v) is 6.83. The van der Waals surface area contributed by atoms with Crippen LogP contribution in [0.4, 0.5) is 17.6 Å². The highest BCUT2D eigenvalue weighted by Gasteiger charge is 2.19. The number of nitrogens with two attached hydrogens (primary N) is 1. The fourth-order valence-corrected chi connectivity index (χ4v) is 4.51. The molecule has 0 radical (unpaired) electrons. The lowest BCUT2D eigenvalue weighted by atomic mass is 10.1. The van der Waals surface area contributed by atoms with Crippen molar-refractivity contribution in [2.75, 3.05) is 30.6 Å². The number of hydrogen-bond acceptors (Lipinski definition) is 9. The molecule has 0 aliphatic heterocycles. The van der Waals surface area contributed by atoms with Crippen LogP contribution in [0, 0.1) is 11.3 Å². The molecule has 2 heterocycles. The van der Waals surface area contributed by atoms with E-state index in [1.165, 1.54) is 0 Å². The van der Waals surface area contributed by atoms with Gasteiger partial charge in [0.25, 0.3) is 0 Å². The molecular formula is C28H25BrN8O2.